The molecule has 2 amide bonds. The van der Waals surface area contributed by atoms with Crippen molar-refractivity contribution < 1.29 is 14.3 Å². The summed E-state index contributed by atoms with van der Waals surface area (Å²) in [5, 5.41) is 3.11. The number of amides is 2. The van der Waals surface area contributed by atoms with Crippen molar-refractivity contribution in [3.05, 3.63) is 18.7 Å². The van der Waals surface area contributed by atoms with Crippen LogP contribution in [0, 0.1) is 11.8 Å². The molecule has 4 atom stereocenters. The van der Waals surface area contributed by atoms with E-state index in [4.69, 9.17) is 4.74 Å². The van der Waals surface area contributed by atoms with Crippen molar-refractivity contribution in [3.8, 4) is 0 Å². The van der Waals surface area contributed by atoms with E-state index in [1.807, 2.05) is 24.3 Å². The molecule has 2 heterocycles. The van der Waals surface area contributed by atoms with E-state index < -0.39 is 0 Å². The summed E-state index contributed by atoms with van der Waals surface area (Å²) in [5.41, 5.74) is 0. The fourth-order valence-electron chi connectivity index (χ4n) is 3.94. The van der Waals surface area contributed by atoms with Crippen LogP contribution in [0.1, 0.15) is 45.6 Å². The maximum atomic E-state index is 12.7. The molecular formula is C18H28N4O3. The lowest BCUT2D eigenvalue weighted by Gasteiger charge is -2.38. The molecule has 138 valence electrons. The SMILES string of the molecule is CCOC(=O)[C@@H]1CC[C@H](NC(=O)N2CC[C@H](C)[C@H](n3ccnc3)C2)C1. The van der Waals surface area contributed by atoms with Crippen molar-refractivity contribution >= 4 is 12.0 Å². The van der Waals surface area contributed by atoms with Gasteiger partial charge in [0.15, 0.2) is 0 Å². The van der Waals surface area contributed by atoms with Crippen LogP contribution >= 0.6 is 0 Å². The predicted molar refractivity (Wildman–Crippen MR) is 92.9 cm³/mol. The number of rotatable bonds is 4. The van der Waals surface area contributed by atoms with Gasteiger partial charge in [-0.2, -0.15) is 0 Å². The molecule has 2 aliphatic rings. The first kappa shape index (κ1) is 17.8. The average molecular weight is 348 g/mol. The van der Waals surface area contributed by atoms with Crippen molar-refractivity contribution in [2.24, 2.45) is 11.8 Å². The molecule has 0 aromatic carbocycles. The first-order valence-corrected chi connectivity index (χ1v) is 9.28. The third-order valence-electron chi connectivity index (χ3n) is 5.49. The summed E-state index contributed by atoms with van der Waals surface area (Å²) in [6.07, 6.45) is 8.85. The van der Waals surface area contributed by atoms with Gasteiger partial charge in [-0.25, -0.2) is 9.78 Å². The zero-order valence-electron chi connectivity index (χ0n) is 15.1. The van der Waals surface area contributed by atoms with Gasteiger partial charge in [0.1, 0.15) is 0 Å². The number of carbonyl (C=O) groups is 2. The number of hydrogen-bond donors (Lipinski definition) is 1. The number of aromatic nitrogens is 2. The molecule has 1 aromatic heterocycles. The van der Waals surface area contributed by atoms with Crippen LogP contribution in [0.15, 0.2) is 18.7 Å². The lowest BCUT2D eigenvalue weighted by Crippen LogP contribution is -2.50. The fraction of sp³-hybridized carbons (Fsp3) is 0.722. The summed E-state index contributed by atoms with van der Waals surface area (Å²) in [4.78, 5) is 30.5. The molecule has 1 saturated heterocycles. The Kier molecular flexibility index (Phi) is 5.60. The second-order valence-electron chi connectivity index (χ2n) is 7.20. The second-order valence-corrected chi connectivity index (χ2v) is 7.20. The Balaban J connectivity index is 1.52. The van der Waals surface area contributed by atoms with Crippen molar-refractivity contribution in [1.29, 1.82) is 0 Å². The lowest BCUT2D eigenvalue weighted by molar-refractivity contribution is -0.147. The number of hydrogen-bond acceptors (Lipinski definition) is 4. The summed E-state index contributed by atoms with van der Waals surface area (Å²) in [6.45, 7) is 5.92. The number of carbonyl (C=O) groups excluding carboxylic acids is 2. The van der Waals surface area contributed by atoms with E-state index in [0.29, 0.717) is 25.5 Å². The number of likely N-dealkylation sites (tertiary alicyclic amines) is 1. The second kappa shape index (κ2) is 7.89. The average Bonchev–Trinajstić information content (AvgIpc) is 3.27. The van der Waals surface area contributed by atoms with Gasteiger partial charge in [0.25, 0.3) is 0 Å². The number of ether oxygens (including phenoxy) is 1. The van der Waals surface area contributed by atoms with Gasteiger partial charge in [0, 0.05) is 31.5 Å². The molecule has 7 heteroatoms. The normalized spacial score (nSPS) is 29.4. The monoisotopic (exact) mass is 348 g/mol. The van der Waals surface area contributed by atoms with Gasteiger partial charge in [-0.1, -0.05) is 6.92 Å². The molecule has 0 unspecified atom stereocenters. The highest BCUT2D eigenvalue weighted by molar-refractivity contribution is 5.76. The molecule has 3 rings (SSSR count). The minimum absolute atomic E-state index is 0.0217. The van der Waals surface area contributed by atoms with E-state index in [1.165, 1.54) is 0 Å². The third-order valence-corrected chi connectivity index (χ3v) is 5.49. The fourth-order valence-corrected chi connectivity index (χ4v) is 3.94. The molecule has 1 N–H and O–H groups in total. The van der Waals surface area contributed by atoms with Crippen LogP contribution in [0.4, 0.5) is 4.79 Å². The number of urea groups is 1. The van der Waals surface area contributed by atoms with E-state index in [1.54, 1.807) is 6.20 Å². The Labute approximate surface area is 148 Å². The highest BCUT2D eigenvalue weighted by Crippen LogP contribution is 2.29. The Morgan fingerprint density at radius 2 is 2.16 bits per heavy atom. The van der Waals surface area contributed by atoms with E-state index in [9.17, 15) is 9.59 Å². The molecule has 2 fully saturated rings. The Bertz CT molecular complexity index is 589. The zero-order valence-corrected chi connectivity index (χ0v) is 15.1. The zero-order chi connectivity index (χ0) is 17.8. The van der Waals surface area contributed by atoms with Crippen LogP contribution in [0.25, 0.3) is 0 Å². The van der Waals surface area contributed by atoms with E-state index in [-0.39, 0.29) is 30.0 Å². The van der Waals surface area contributed by atoms with Crippen LogP contribution in [-0.4, -0.2) is 52.2 Å². The molecule has 1 aliphatic carbocycles. The van der Waals surface area contributed by atoms with Gasteiger partial charge in [-0.05, 0) is 38.5 Å². The number of esters is 1. The summed E-state index contributed by atoms with van der Waals surface area (Å²) < 4.78 is 7.19. The topological polar surface area (TPSA) is 76.5 Å². The summed E-state index contributed by atoms with van der Waals surface area (Å²) >= 11 is 0. The maximum absolute atomic E-state index is 12.7. The number of nitrogens with zero attached hydrogens (tertiary/aromatic N) is 3. The van der Waals surface area contributed by atoms with Gasteiger partial charge >= 0.3 is 12.0 Å². The van der Waals surface area contributed by atoms with Crippen molar-refractivity contribution in [3.63, 3.8) is 0 Å². The Morgan fingerprint density at radius 1 is 1.32 bits per heavy atom. The predicted octanol–water partition coefficient (Wildman–Crippen LogP) is 2.21. The van der Waals surface area contributed by atoms with Gasteiger partial charge < -0.3 is 19.5 Å². The number of piperidine rings is 1. The molecular weight excluding hydrogens is 320 g/mol. The highest BCUT2D eigenvalue weighted by atomic mass is 16.5. The number of imidazole rings is 1. The minimum Gasteiger partial charge on any atom is -0.466 e. The van der Waals surface area contributed by atoms with Gasteiger partial charge in [0.05, 0.1) is 24.9 Å². The molecule has 1 saturated carbocycles. The molecule has 1 aromatic rings. The van der Waals surface area contributed by atoms with Crippen molar-refractivity contribution in [2.75, 3.05) is 19.7 Å². The first-order chi connectivity index (χ1) is 12.1. The van der Waals surface area contributed by atoms with Crippen molar-refractivity contribution in [2.45, 2.75) is 51.6 Å². The minimum atomic E-state index is -0.133. The van der Waals surface area contributed by atoms with Crippen LogP contribution in [0.5, 0.6) is 0 Å². The van der Waals surface area contributed by atoms with Crippen molar-refractivity contribution in [1.82, 2.24) is 19.8 Å². The maximum Gasteiger partial charge on any atom is 0.317 e. The van der Waals surface area contributed by atoms with E-state index in [0.717, 1.165) is 25.8 Å². The quantitative estimate of drug-likeness (QED) is 0.847. The summed E-state index contributed by atoms with van der Waals surface area (Å²) in [6, 6.07) is 0.303. The lowest BCUT2D eigenvalue weighted by atomic mass is 9.93. The third kappa shape index (κ3) is 4.14. The Morgan fingerprint density at radius 3 is 2.88 bits per heavy atom. The van der Waals surface area contributed by atoms with Gasteiger partial charge in [-0.15, -0.1) is 0 Å². The summed E-state index contributed by atoms with van der Waals surface area (Å²) in [7, 11) is 0. The van der Waals surface area contributed by atoms with Gasteiger partial charge in [-0.3, -0.25) is 4.79 Å². The molecule has 0 spiro atoms. The first-order valence-electron chi connectivity index (χ1n) is 9.28. The van der Waals surface area contributed by atoms with E-state index >= 15 is 0 Å². The molecule has 25 heavy (non-hydrogen) atoms. The van der Waals surface area contributed by atoms with E-state index in [2.05, 4.69) is 21.8 Å². The molecule has 0 radical (unpaired) electrons. The Hall–Kier alpha value is -2.05. The summed E-state index contributed by atoms with van der Waals surface area (Å²) in [5.74, 6) is 0.300. The standard InChI is InChI=1S/C18H28N4O3/c1-3-25-17(23)14-4-5-15(10-14)20-18(24)21-8-6-13(2)16(11-21)22-9-7-19-12-22/h7,9,12-16H,3-6,8,10-11H2,1-2H3,(H,20,24)/t13-,14+,15-,16+/m0/s1. The largest absolute Gasteiger partial charge is 0.466 e. The highest BCUT2D eigenvalue weighted by Gasteiger charge is 2.34. The molecule has 7 nitrogen and oxygen atoms in total. The molecule has 0 bridgehead atoms. The van der Waals surface area contributed by atoms with Crippen LogP contribution < -0.4 is 5.32 Å². The molecule has 1 aliphatic heterocycles. The smallest absolute Gasteiger partial charge is 0.317 e. The van der Waals surface area contributed by atoms with Crippen LogP contribution in [-0.2, 0) is 9.53 Å². The van der Waals surface area contributed by atoms with Gasteiger partial charge in [0.2, 0.25) is 0 Å². The van der Waals surface area contributed by atoms with Crippen LogP contribution in [0.2, 0.25) is 0 Å². The number of nitrogens with one attached hydrogen (secondary N) is 1. The van der Waals surface area contributed by atoms with Crippen LogP contribution in [0.3, 0.4) is 0 Å².